The second-order valence-corrected chi connectivity index (χ2v) is 12.3. The smallest absolute Gasteiger partial charge is 0.198 e. The highest BCUT2D eigenvalue weighted by atomic mass is 15.0. The van der Waals surface area contributed by atoms with Gasteiger partial charge in [0.2, 0.25) is 11.4 Å². The molecular formula is C39H38B4N2+2. The van der Waals surface area contributed by atoms with Gasteiger partial charge in [-0.3, -0.25) is 0 Å². The molecule has 6 heteroatoms. The van der Waals surface area contributed by atoms with Gasteiger partial charge in [0.15, 0.2) is 11.4 Å². The zero-order valence-electron chi connectivity index (χ0n) is 27.0. The second-order valence-electron chi connectivity index (χ2n) is 12.3. The highest BCUT2D eigenvalue weighted by Crippen LogP contribution is 2.26. The molecular weight excluding hydrogens is 540 g/mol. The summed E-state index contributed by atoms with van der Waals surface area (Å²) < 4.78 is 4.57. The van der Waals surface area contributed by atoms with Gasteiger partial charge in [0.1, 0.15) is 14.1 Å². The lowest BCUT2D eigenvalue weighted by molar-refractivity contribution is -0.400. The summed E-state index contributed by atoms with van der Waals surface area (Å²) in [4.78, 5) is 0. The molecule has 2 nitrogen and oxygen atoms in total. The fraction of sp³-hybridized carbons (Fsp3) is 0.231. The van der Waals surface area contributed by atoms with E-state index in [1.54, 1.807) is 14.3 Å². The predicted octanol–water partition coefficient (Wildman–Crippen LogP) is 5.27. The molecule has 0 amide bonds. The van der Waals surface area contributed by atoms with Crippen LogP contribution in [0.15, 0.2) is 84.9 Å². The van der Waals surface area contributed by atoms with Crippen molar-refractivity contribution in [2.75, 3.05) is 14.1 Å². The first-order chi connectivity index (χ1) is 21.9. The molecule has 0 atom stereocenters. The minimum absolute atomic E-state index is 0.951. The van der Waals surface area contributed by atoms with Crippen LogP contribution in [-0.4, -0.2) is 64.5 Å². The quantitative estimate of drug-likeness (QED) is 0.179. The van der Waals surface area contributed by atoms with Gasteiger partial charge < -0.3 is 0 Å². The average molecular weight is 578 g/mol. The summed E-state index contributed by atoms with van der Waals surface area (Å²) in [5, 5.41) is 0. The van der Waals surface area contributed by atoms with E-state index in [2.05, 4.69) is 134 Å². The van der Waals surface area contributed by atoms with Crippen LogP contribution < -0.4 is 10.9 Å². The van der Waals surface area contributed by atoms with Gasteiger partial charge >= 0.3 is 0 Å². The largest absolute Gasteiger partial charge is 0.208 e. The zero-order chi connectivity index (χ0) is 31.5. The van der Waals surface area contributed by atoms with Crippen LogP contribution in [0.4, 0.5) is 11.4 Å². The first-order valence-corrected chi connectivity index (χ1v) is 16.0. The van der Waals surface area contributed by atoms with Crippen molar-refractivity contribution in [2.45, 2.75) is 46.0 Å². The Bertz CT molecular complexity index is 1900. The van der Waals surface area contributed by atoms with Gasteiger partial charge in [-0.25, -0.2) is 0 Å². The summed E-state index contributed by atoms with van der Waals surface area (Å²) in [6.45, 7) is 4.37. The van der Waals surface area contributed by atoms with Crippen LogP contribution in [0.5, 0.6) is 0 Å². The SMILES string of the molecule is [B][B]c1c(/C=C/C2=[N+](C)c3ccccc3C2)ccc(CCCc2ccc(/C=C/C3=[N+](C)c4ccccc4C3)c(C)c2[B][B])c1C. The molecule has 0 aromatic heterocycles. The average Bonchev–Trinajstić information content (AvgIpc) is 3.56. The van der Waals surface area contributed by atoms with Crippen molar-refractivity contribution in [3.63, 3.8) is 0 Å². The number of allylic oxidation sites excluding steroid dienone is 2. The lowest BCUT2D eigenvalue weighted by Gasteiger charge is -2.16. The van der Waals surface area contributed by atoms with E-state index in [-0.39, 0.29) is 0 Å². The molecule has 2 aliphatic heterocycles. The molecule has 6 radical (unpaired) electrons. The Labute approximate surface area is 273 Å². The monoisotopic (exact) mass is 578 g/mol. The number of para-hydroxylation sites is 2. The third kappa shape index (κ3) is 6.25. The van der Waals surface area contributed by atoms with Gasteiger partial charge in [0, 0.05) is 50.9 Å². The molecule has 6 rings (SSSR count). The number of nitrogens with zero attached hydrogens (tertiary/aromatic N) is 2. The van der Waals surface area contributed by atoms with E-state index in [9.17, 15) is 0 Å². The highest BCUT2D eigenvalue weighted by molar-refractivity contribution is 6.98. The first kappa shape index (κ1) is 31.0. The number of rotatable bonds is 10. The molecule has 0 unspecified atom stereocenters. The third-order valence-electron chi connectivity index (χ3n) is 9.75. The van der Waals surface area contributed by atoms with Crippen LogP contribution in [0, 0.1) is 13.8 Å². The zero-order valence-corrected chi connectivity index (χ0v) is 27.0. The highest BCUT2D eigenvalue weighted by Gasteiger charge is 2.25. The van der Waals surface area contributed by atoms with E-state index in [0.29, 0.717) is 0 Å². The molecule has 0 fully saturated rings. The molecule has 0 spiro atoms. The summed E-state index contributed by atoms with van der Waals surface area (Å²) >= 11 is 0. The molecule has 0 N–H and O–H groups in total. The standard InChI is InChI=1S/C39H38B4N2/c1-26-28(16-19-31(39(26)43-41)21-23-35-25-33-11-6-8-15-37(33)45(35)4)12-9-13-30-18-17-29(27(2)38(30)42-40)20-22-34-24-32-10-5-7-14-36(32)44(34)3/h5-8,10-11,14-23H,9,12-13,24-25H2,1-4H3/q+2/b22-20+,23-21+. The maximum absolute atomic E-state index is 6.20. The minimum atomic E-state index is 0.951. The van der Waals surface area contributed by atoms with E-state index in [1.165, 1.54) is 61.7 Å². The Morgan fingerprint density at radius 3 is 1.69 bits per heavy atom. The number of aryl methyl sites for hydroxylation is 2. The fourth-order valence-electron chi connectivity index (χ4n) is 6.96. The van der Waals surface area contributed by atoms with Crippen LogP contribution in [-0.2, 0) is 25.7 Å². The van der Waals surface area contributed by atoms with Crippen LogP contribution in [0.2, 0.25) is 0 Å². The van der Waals surface area contributed by atoms with Crippen molar-refractivity contribution >= 4 is 75.7 Å². The molecule has 0 saturated carbocycles. The maximum Gasteiger partial charge on any atom is 0.208 e. The first-order valence-electron chi connectivity index (χ1n) is 16.0. The number of benzene rings is 4. The van der Waals surface area contributed by atoms with Crippen LogP contribution in [0.1, 0.15) is 50.9 Å². The Hall–Kier alpha value is -4.04. The fourth-order valence-corrected chi connectivity index (χ4v) is 6.96. The van der Waals surface area contributed by atoms with Gasteiger partial charge in [-0.05, 0) is 62.0 Å². The Morgan fingerprint density at radius 2 is 1.11 bits per heavy atom. The molecule has 0 saturated heterocycles. The van der Waals surface area contributed by atoms with Gasteiger partial charge in [0.25, 0.3) is 0 Å². The Balaban J connectivity index is 1.12. The second kappa shape index (κ2) is 13.5. The summed E-state index contributed by atoms with van der Waals surface area (Å²) in [5.41, 5.74) is 17.7. The third-order valence-corrected chi connectivity index (χ3v) is 9.75. The normalized spacial score (nSPS) is 14.1. The van der Waals surface area contributed by atoms with Crippen molar-refractivity contribution in [3.8, 4) is 0 Å². The molecule has 2 heterocycles. The summed E-state index contributed by atoms with van der Waals surface area (Å²) in [7, 11) is 20.2. The summed E-state index contributed by atoms with van der Waals surface area (Å²) in [6.07, 6.45) is 13.8. The maximum atomic E-state index is 6.20. The van der Waals surface area contributed by atoms with E-state index >= 15 is 0 Å². The lowest BCUT2D eigenvalue weighted by Crippen LogP contribution is -2.24. The van der Waals surface area contributed by atoms with E-state index in [0.717, 1.165) is 48.6 Å². The Morgan fingerprint density at radius 1 is 0.600 bits per heavy atom. The number of hydrogen-bond acceptors (Lipinski definition) is 0. The van der Waals surface area contributed by atoms with Crippen molar-refractivity contribution in [1.29, 1.82) is 0 Å². The molecule has 0 aliphatic carbocycles. The van der Waals surface area contributed by atoms with Crippen LogP contribution in [0.25, 0.3) is 12.2 Å². The minimum Gasteiger partial charge on any atom is -0.198 e. The van der Waals surface area contributed by atoms with Gasteiger partial charge in [-0.15, -0.1) is 0 Å². The summed E-state index contributed by atoms with van der Waals surface area (Å²) in [6, 6.07) is 26.2. The topological polar surface area (TPSA) is 6.02 Å². The Kier molecular flexibility index (Phi) is 9.31. The van der Waals surface area contributed by atoms with Crippen molar-refractivity contribution in [2.24, 2.45) is 0 Å². The molecule has 0 bridgehead atoms. The number of fused-ring (bicyclic) bond motifs is 2. The van der Waals surface area contributed by atoms with Crippen molar-refractivity contribution < 1.29 is 9.15 Å². The molecule has 214 valence electrons. The number of hydrogen-bond donors (Lipinski definition) is 0. The molecule has 2 aliphatic rings. The lowest BCUT2D eigenvalue weighted by atomic mass is 9.48. The van der Waals surface area contributed by atoms with Gasteiger partial charge in [0.05, 0.1) is 27.2 Å². The molecule has 4 aromatic rings. The van der Waals surface area contributed by atoms with Gasteiger partial charge in [-0.2, -0.15) is 9.15 Å². The van der Waals surface area contributed by atoms with E-state index < -0.39 is 0 Å². The van der Waals surface area contributed by atoms with Crippen LogP contribution in [0.3, 0.4) is 0 Å². The van der Waals surface area contributed by atoms with Crippen LogP contribution >= 0.6 is 0 Å². The predicted molar refractivity (Wildman–Crippen MR) is 197 cm³/mol. The van der Waals surface area contributed by atoms with E-state index in [4.69, 9.17) is 15.5 Å². The van der Waals surface area contributed by atoms with Crippen molar-refractivity contribution in [3.05, 3.63) is 129 Å². The molecule has 45 heavy (non-hydrogen) atoms. The van der Waals surface area contributed by atoms with Gasteiger partial charge in [-0.1, -0.05) is 88.3 Å². The van der Waals surface area contributed by atoms with Crippen molar-refractivity contribution in [1.82, 2.24) is 0 Å². The summed E-state index contributed by atoms with van der Waals surface area (Å²) in [5.74, 6) is 0. The van der Waals surface area contributed by atoms with E-state index in [1.807, 2.05) is 0 Å². The molecule has 4 aromatic carbocycles.